The zero-order valence-corrected chi connectivity index (χ0v) is 18.1. The minimum Gasteiger partial charge on any atom is -0.504 e. The van der Waals surface area contributed by atoms with Crippen LogP contribution in [0.5, 0.6) is 17.2 Å². The highest BCUT2D eigenvalue weighted by atomic mass is 32.1. The molecule has 1 amide bonds. The van der Waals surface area contributed by atoms with Gasteiger partial charge in [-0.05, 0) is 44.2 Å². The van der Waals surface area contributed by atoms with Gasteiger partial charge in [-0.3, -0.25) is 9.79 Å². The lowest BCUT2D eigenvalue weighted by Gasteiger charge is -2.18. The summed E-state index contributed by atoms with van der Waals surface area (Å²) in [6, 6.07) is 10.9. The summed E-state index contributed by atoms with van der Waals surface area (Å²) in [5.74, 6) is 0.825. The van der Waals surface area contributed by atoms with Crippen molar-refractivity contribution in [2.24, 2.45) is 10.1 Å². The Balaban J connectivity index is 1.80. The molecule has 1 aliphatic rings. The molecule has 0 fully saturated rings. The van der Waals surface area contributed by atoms with Crippen LogP contribution in [0.1, 0.15) is 19.4 Å². The molecule has 0 atom stereocenters. The number of hydrogen-bond donors (Lipinski definition) is 2. The number of ether oxygens (including phenoxy) is 2. The van der Waals surface area contributed by atoms with Crippen LogP contribution < -0.4 is 19.6 Å². The van der Waals surface area contributed by atoms with Crippen molar-refractivity contribution < 1.29 is 19.4 Å². The van der Waals surface area contributed by atoms with Crippen LogP contribution >= 0.6 is 11.3 Å². The Morgan fingerprint density at radius 3 is 2.94 bits per heavy atom. The summed E-state index contributed by atoms with van der Waals surface area (Å²) in [7, 11) is 1.50. The summed E-state index contributed by atoms with van der Waals surface area (Å²) in [4.78, 5) is 17.1. The number of nitrogens with one attached hydrogen (secondary N) is 1. The molecule has 3 aromatic rings. The van der Waals surface area contributed by atoms with Crippen LogP contribution in [0.2, 0.25) is 0 Å². The third-order valence-corrected chi connectivity index (χ3v) is 5.35. The first-order valence-corrected chi connectivity index (χ1v) is 10.6. The first-order chi connectivity index (χ1) is 15.0. The number of amides is 1. The number of nitrogens with zero attached hydrogens (tertiary/aromatic N) is 3. The second-order valence-corrected chi connectivity index (χ2v) is 7.97. The SMILES string of the molecule is COc1cccc(C=Nn2c(-c3ccc4c(c3)NC(=O)CO4)csc2=NC(C)C)c1O. The van der Waals surface area contributed by atoms with Gasteiger partial charge in [0.1, 0.15) is 5.75 Å². The first-order valence-electron chi connectivity index (χ1n) is 9.68. The molecule has 0 saturated heterocycles. The van der Waals surface area contributed by atoms with E-state index in [-0.39, 0.29) is 24.3 Å². The Kier molecular flexibility index (Phi) is 5.77. The molecule has 0 saturated carbocycles. The number of aromatic nitrogens is 1. The minimum atomic E-state index is -0.190. The van der Waals surface area contributed by atoms with E-state index < -0.39 is 0 Å². The summed E-state index contributed by atoms with van der Waals surface area (Å²) >= 11 is 1.46. The predicted octanol–water partition coefficient (Wildman–Crippen LogP) is 3.45. The molecule has 0 unspecified atom stereocenters. The van der Waals surface area contributed by atoms with E-state index in [1.54, 1.807) is 29.1 Å². The van der Waals surface area contributed by atoms with Crippen LogP contribution in [-0.2, 0) is 4.79 Å². The number of phenolic OH excluding ortho intramolecular Hbond substituents is 1. The van der Waals surface area contributed by atoms with Gasteiger partial charge in [-0.25, -0.2) is 4.68 Å². The molecule has 8 nitrogen and oxygen atoms in total. The standard InChI is InChI=1S/C22H22N4O4S/c1-13(2)24-22-26(23-10-15-5-4-6-19(29-3)21(15)28)17(12-31-22)14-7-8-18-16(9-14)25-20(27)11-30-18/h4-10,12-13,28H,11H2,1-3H3,(H,25,27). The number of hydrogen-bond acceptors (Lipinski definition) is 7. The van der Waals surface area contributed by atoms with E-state index in [2.05, 4.69) is 15.4 Å². The van der Waals surface area contributed by atoms with Crippen LogP contribution in [-0.4, -0.2) is 41.7 Å². The molecule has 160 valence electrons. The Morgan fingerprint density at radius 1 is 1.32 bits per heavy atom. The Bertz CT molecular complexity index is 1230. The smallest absolute Gasteiger partial charge is 0.262 e. The van der Waals surface area contributed by atoms with Crippen LogP contribution in [0.25, 0.3) is 11.3 Å². The van der Waals surface area contributed by atoms with Crippen molar-refractivity contribution in [3.05, 3.63) is 52.1 Å². The van der Waals surface area contributed by atoms with Crippen molar-refractivity contribution in [1.82, 2.24) is 4.68 Å². The van der Waals surface area contributed by atoms with E-state index in [0.717, 1.165) is 11.3 Å². The van der Waals surface area contributed by atoms with E-state index in [1.165, 1.54) is 18.4 Å². The Morgan fingerprint density at radius 2 is 2.16 bits per heavy atom. The molecule has 2 heterocycles. The number of thiazole rings is 1. The van der Waals surface area contributed by atoms with Crippen molar-refractivity contribution in [3.8, 4) is 28.5 Å². The Labute approximate surface area is 183 Å². The molecule has 1 aliphatic heterocycles. The van der Waals surface area contributed by atoms with Crippen LogP contribution in [0.4, 0.5) is 5.69 Å². The number of fused-ring (bicyclic) bond motifs is 1. The Hall–Kier alpha value is -3.59. The topological polar surface area (TPSA) is 97.4 Å². The number of rotatable bonds is 5. The minimum absolute atomic E-state index is 0.0105. The van der Waals surface area contributed by atoms with Crippen molar-refractivity contribution >= 4 is 29.1 Å². The average Bonchev–Trinajstić information content (AvgIpc) is 3.14. The fraction of sp³-hybridized carbons (Fsp3) is 0.227. The van der Waals surface area contributed by atoms with Gasteiger partial charge in [-0.2, -0.15) is 5.10 Å². The second kappa shape index (κ2) is 8.65. The lowest BCUT2D eigenvalue weighted by atomic mass is 10.1. The molecule has 4 rings (SSSR count). The summed E-state index contributed by atoms with van der Waals surface area (Å²) in [6.07, 6.45) is 1.57. The van der Waals surface area contributed by atoms with Crippen LogP contribution in [0.15, 0.2) is 51.9 Å². The number of aromatic hydroxyl groups is 1. The molecule has 0 spiro atoms. The van der Waals surface area contributed by atoms with E-state index >= 15 is 0 Å². The molecule has 2 N–H and O–H groups in total. The highest BCUT2D eigenvalue weighted by Crippen LogP contribution is 2.33. The van der Waals surface area contributed by atoms with Crippen molar-refractivity contribution in [2.75, 3.05) is 19.0 Å². The number of para-hydroxylation sites is 1. The van der Waals surface area contributed by atoms with Gasteiger partial charge in [0.2, 0.25) is 4.80 Å². The molecule has 9 heteroatoms. The van der Waals surface area contributed by atoms with Gasteiger partial charge in [0.15, 0.2) is 18.1 Å². The average molecular weight is 439 g/mol. The van der Waals surface area contributed by atoms with E-state index in [1.807, 2.05) is 37.4 Å². The maximum Gasteiger partial charge on any atom is 0.262 e. The molecular formula is C22H22N4O4S. The van der Waals surface area contributed by atoms with Crippen molar-refractivity contribution in [2.45, 2.75) is 19.9 Å². The van der Waals surface area contributed by atoms with Gasteiger partial charge in [0.25, 0.3) is 5.91 Å². The lowest BCUT2D eigenvalue weighted by molar-refractivity contribution is -0.118. The van der Waals surface area contributed by atoms with E-state index in [9.17, 15) is 9.90 Å². The highest BCUT2D eigenvalue weighted by Gasteiger charge is 2.18. The first kappa shape index (κ1) is 20.7. The third kappa shape index (κ3) is 4.31. The molecule has 1 aromatic heterocycles. The lowest BCUT2D eigenvalue weighted by Crippen LogP contribution is -2.25. The van der Waals surface area contributed by atoms with Crippen molar-refractivity contribution in [3.63, 3.8) is 0 Å². The van der Waals surface area contributed by atoms with Crippen LogP contribution in [0, 0.1) is 0 Å². The second-order valence-electron chi connectivity index (χ2n) is 7.13. The third-order valence-electron chi connectivity index (χ3n) is 4.52. The molecule has 0 bridgehead atoms. The summed E-state index contributed by atoms with van der Waals surface area (Å²) in [5, 5.41) is 19.8. The zero-order valence-electron chi connectivity index (χ0n) is 17.3. The maximum atomic E-state index is 11.7. The van der Waals surface area contributed by atoms with Crippen molar-refractivity contribution in [1.29, 1.82) is 0 Å². The number of benzene rings is 2. The molecule has 0 radical (unpaired) electrons. The normalized spacial score (nSPS) is 13.9. The van der Waals surface area contributed by atoms with Crippen LogP contribution in [0.3, 0.4) is 0 Å². The summed E-state index contributed by atoms with van der Waals surface area (Å²) in [6.45, 7) is 4.00. The van der Waals surface area contributed by atoms with Gasteiger partial charge < -0.3 is 19.9 Å². The molecule has 31 heavy (non-hydrogen) atoms. The van der Waals surface area contributed by atoms with Gasteiger partial charge in [0, 0.05) is 22.5 Å². The quantitative estimate of drug-likeness (QED) is 0.596. The summed E-state index contributed by atoms with van der Waals surface area (Å²) in [5.41, 5.74) is 2.78. The van der Waals surface area contributed by atoms with Gasteiger partial charge in [0.05, 0.1) is 24.7 Å². The number of phenols is 1. The number of methoxy groups -OCH3 is 1. The van der Waals surface area contributed by atoms with Gasteiger partial charge in [-0.1, -0.05) is 6.07 Å². The monoisotopic (exact) mass is 438 g/mol. The molecular weight excluding hydrogens is 416 g/mol. The van der Waals surface area contributed by atoms with Gasteiger partial charge in [-0.15, -0.1) is 11.3 Å². The zero-order chi connectivity index (χ0) is 22.0. The number of anilines is 1. The highest BCUT2D eigenvalue weighted by molar-refractivity contribution is 7.07. The fourth-order valence-corrected chi connectivity index (χ4v) is 4.06. The molecule has 2 aromatic carbocycles. The van der Waals surface area contributed by atoms with E-state index in [4.69, 9.17) is 9.47 Å². The maximum absolute atomic E-state index is 11.7. The number of carbonyl (C=O) groups excluding carboxylic acids is 1. The largest absolute Gasteiger partial charge is 0.504 e. The predicted molar refractivity (Wildman–Crippen MR) is 120 cm³/mol. The summed E-state index contributed by atoms with van der Waals surface area (Å²) < 4.78 is 12.3. The fourth-order valence-electron chi connectivity index (χ4n) is 3.09. The van der Waals surface area contributed by atoms with E-state index in [0.29, 0.717) is 27.6 Å². The van der Waals surface area contributed by atoms with Gasteiger partial charge >= 0.3 is 0 Å². The molecule has 0 aliphatic carbocycles. The number of carbonyl (C=O) groups is 1.